The molecule has 1 aromatic carbocycles. The standard InChI is InChI=1S/C14H17ClN2O2/c1-17(8-11(18)9-19-2)14-5-6-16-13-7-10(15)3-4-12(13)14/h3-7,11,18H,8-9H2,1-2H3. The number of hydrogen-bond donors (Lipinski definition) is 1. The van der Waals surface area contributed by atoms with Gasteiger partial charge in [-0.25, -0.2) is 0 Å². The van der Waals surface area contributed by atoms with Crippen LogP contribution < -0.4 is 4.90 Å². The van der Waals surface area contributed by atoms with Crippen molar-refractivity contribution in [3.63, 3.8) is 0 Å². The zero-order valence-corrected chi connectivity index (χ0v) is 11.8. The van der Waals surface area contributed by atoms with Gasteiger partial charge in [-0.1, -0.05) is 11.6 Å². The first kappa shape index (κ1) is 14.1. The number of benzene rings is 1. The van der Waals surface area contributed by atoms with E-state index in [0.717, 1.165) is 16.6 Å². The number of anilines is 1. The number of rotatable bonds is 5. The van der Waals surface area contributed by atoms with Crippen LogP contribution in [0.2, 0.25) is 5.02 Å². The Morgan fingerprint density at radius 2 is 2.21 bits per heavy atom. The predicted molar refractivity (Wildman–Crippen MR) is 77.9 cm³/mol. The summed E-state index contributed by atoms with van der Waals surface area (Å²) in [5, 5.41) is 11.5. The van der Waals surface area contributed by atoms with Crippen LogP contribution >= 0.6 is 11.6 Å². The molecule has 4 nitrogen and oxygen atoms in total. The lowest BCUT2D eigenvalue weighted by molar-refractivity contribution is 0.0695. The van der Waals surface area contributed by atoms with Crippen molar-refractivity contribution in [3.8, 4) is 0 Å². The Labute approximate surface area is 117 Å². The molecule has 1 aromatic heterocycles. The molecule has 0 amide bonds. The number of aliphatic hydroxyl groups excluding tert-OH is 1. The van der Waals surface area contributed by atoms with Gasteiger partial charge in [0.1, 0.15) is 0 Å². The Hall–Kier alpha value is -1.36. The van der Waals surface area contributed by atoms with Crippen LogP contribution in [-0.4, -0.2) is 43.5 Å². The van der Waals surface area contributed by atoms with Crippen molar-refractivity contribution in [1.29, 1.82) is 0 Å². The highest BCUT2D eigenvalue weighted by Crippen LogP contribution is 2.26. The van der Waals surface area contributed by atoms with Gasteiger partial charge in [-0.3, -0.25) is 4.98 Å². The lowest BCUT2D eigenvalue weighted by Crippen LogP contribution is -2.31. The number of aliphatic hydroxyl groups is 1. The maximum atomic E-state index is 9.79. The molecule has 0 aliphatic heterocycles. The van der Waals surface area contributed by atoms with Gasteiger partial charge in [0.15, 0.2) is 0 Å². The fourth-order valence-electron chi connectivity index (χ4n) is 2.10. The maximum Gasteiger partial charge on any atom is 0.0947 e. The Kier molecular flexibility index (Phi) is 4.58. The largest absolute Gasteiger partial charge is 0.389 e. The molecule has 1 atom stereocenters. The van der Waals surface area contributed by atoms with Crippen molar-refractivity contribution in [2.45, 2.75) is 6.10 Å². The topological polar surface area (TPSA) is 45.6 Å². The van der Waals surface area contributed by atoms with Crippen molar-refractivity contribution < 1.29 is 9.84 Å². The Bertz CT molecular complexity index is 562. The summed E-state index contributed by atoms with van der Waals surface area (Å²) in [4.78, 5) is 6.29. The lowest BCUT2D eigenvalue weighted by Gasteiger charge is -2.23. The molecule has 5 heteroatoms. The Balaban J connectivity index is 2.29. The molecular formula is C14H17ClN2O2. The third kappa shape index (κ3) is 3.35. The van der Waals surface area contributed by atoms with Crippen LogP contribution in [-0.2, 0) is 4.74 Å². The van der Waals surface area contributed by atoms with Crippen molar-refractivity contribution in [2.75, 3.05) is 32.2 Å². The molecule has 0 radical (unpaired) electrons. The highest BCUT2D eigenvalue weighted by Gasteiger charge is 2.11. The van der Waals surface area contributed by atoms with E-state index in [1.807, 2.05) is 36.2 Å². The first-order valence-corrected chi connectivity index (χ1v) is 6.42. The van der Waals surface area contributed by atoms with E-state index in [2.05, 4.69) is 4.98 Å². The van der Waals surface area contributed by atoms with E-state index in [4.69, 9.17) is 16.3 Å². The number of pyridine rings is 1. The number of halogens is 1. The van der Waals surface area contributed by atoms with E-state index in [9.17, 15) is 5.11 Å². The van der Waals surface area contributed by atoms with E-state index >= 15 is 0 Å². The normalized spacial score (nSPS) is 12.6. The summed E-state index contributed by atoms with van der Waals surface area (Å²) in [6.45, 7) is 0.814. The molecule has 102 valence electrons. The highest BCUT2D eigenvalue weighted by molar-refractivity contribution is 6.31. The van der Waals surface area contributed by atoms with Gasteiger partial charge >= 0.3 is 0 Å². The molecule has 0 aliphatic rings. The van der Waals surface area contributed by atoms with Crippen LogP contribution in [0.4, 0.5) is 5.69 Å². The molecule has 0 saturated carbocycles. The fourth-order valence-corrected chi connectivity index (χ4v) is 2.26. The van der Waals surface area contributed by atoms with E-state index in [1.54, 1.807) is 13.3 Å². The lowest BCUT2D eigenvalue weighted by atomic mass is 10.1. The van der Waals surface area contributed by atoms with Gasteiger partial charge in [0.05, 0.1) is 18.2 Å². The zero-order valence-electron chi connectivity index (χ0n) is 11.0. The second-order valence-electron chi connectivity index (χ2n) is 4.48. The molecule has 0 aliphatic carbocycles. The van der Waals surface area contributed by atoms with Crippen LogP contribution in [0, 0.1) is 0 Å². The minimum absolute atomic E-state index is 0.319. The smallest absolute Gasteiger partial charge is 0.0947 e. The van der Waals surface area contributed by atoms with Crippen LogP contribution in [0.25, 0.3) is 10.9 Å². The Morgan fingerprint density at radius 1 is 1.42 bits per heavy atom. The molecule has 2 aromatic rings. The van der Waals surface area contributed by atoms with Gasteiger partial charge < -0.3 is 14.7 Å². The van der Waals surface area contributed by atoms with E-state index in [1.165, 1.54) is 0 Å². The molecule has 0 saturated heterocycles. The first-order chi connectivity index (χ1) is 9.11. The number of nitrogens with zero attached hydrogens (tertiary/aromatic N) is 2. The molecule has 0 spiro atoms. The minimum atomic E-state index is -0.523. The quantitative estimate of drug-likeness (QED) is 0.913. The number of aromatic nitrogens is 1. The van der Waals surface area contributed by atoms with Crippen LogP contribution in [0.1, 0.15) is 0 Å². The third-order valence-corrected chi connectivity index (χ3v) is 3.17. The van der Waals surface area contributed by atoms with E-state index in [0.29, 0.717) is 18.2 Å². The SMILES string of the molecule is COCC(O)CN(C)c1ccnc2cc(Cl)ccc12. The van der Waals surface area contributed by atoms with Crippen molar-refractivity contribution in [1.82, 2.24) is 4.98 Å². The molecular weight excluding hydrogens is 264 g/mol. The molecule has 0 bridgehead atoms. The van der Waals surface area contributed by atoms with Crippen LogP contribution in [0.15, 0.2) is 30.5 Å². The minimum Gasteiger partial charge on any atom is -0.389 e. The fraction of sp³-hybridized carbons (Fsp3) is 0.357. The maximum absolute atomic E-state index is 9.79. The van der Waals surface area contributed by atoms with Gasteiger partial charge in [0.25, 0.3) is 0 Å². The molecule has 2 rings (SSSR count). The summed E-state index contributed by atoms with van der Waals surface area (Å²) in [6.07, 6.45) is 1.22. The second kappa shape index (κ2) is 6.19. The van der Waals surface area contributed by atoms with Gasteiger partial charge in [0.2, 0.25) is 0 Å². The molecule has 19 heavy (non-hydrogen) atoms. The monoisotopic (exact) mass is 280 g/mol. The van der Waals surface area contributed by atoms with Crippen molar-refractivity contribution >= 4 is 28.2 Å². The first-order valence-electron chi connectivity index (χ1n) is 6.04. The highest BCUT2D eigenvalue weighted by atomic mass is 35.5. The number of hydrogen-bond acceptors (Lipinski definition) is 4. The molecule has 1 unspecified atom stereocenters. The summed E-state index contributed by atoms with van der Waals surface area (Å²) in [5.41, 5.74) is 1.86. The van der Waals surface area contributed by atoms with Crippen molar-refractivity contribution in [3.05, 3.63) is 35.5 Å². The Morgan fingerprint density at radius 3 is 2.95 bits per heavy atom. The average molecular weight is 281 g/mol. The summed E-state index contributed by atoms with van der Waals surface area (Å²) in [7, 11) is 3.51. The van der Waals surface area contributed by atoms with E-state index < -0.39 is 6.10 Å². The number of methoxy groups -OCH3 is 1. The summed E-state index contributed by atoms with van der Waals surface area (Å²) in [6, 6.07) is 7.54. The number of likely N-dealkylation sites (N-methyl/N-ethyl adjacent to an activating group) is 1. The van der Waals surface area contributed by atoms with Gasteiger partial charge in [-0.15, -0.1) is 0 Å². The number of ether oxygens (including phenoxy) is 1. The summed E-state index contributed by atoms with van der Waals surface area (Å²) < 4.78 is 4.94. The summed E-state index contributed by atoms with van der Waals surface area (Å²) in [5.74, 6) is 0. The van der Waals surface area contributed by atoms with Gasteiger partial charge in [-0.2, -0.15) is 0 Å². The predicted octanol–water partition coefficient (Wildman–Crippen LogP) is 2.33. The zero-order chi connectivity index (χ0) is 13.8. The van der Waals surface area contributed by atoms with E-state index in [-0.39, 0.29) is 0 Å². The van der Waals surface area contributed by atoms with Crippen molar-refractivity contribution in [2.24, 2.45) is 0 Å². The molecule has 0 fully saturated rings. The average Bonchev–Trinajstić information content (AvgIpc) is 2.37. The van der Waals surface area contributed by atoms with Gasteiger partial charge in [-0.05, 0) is 24.3 Å². The molecule has 1 N–H and O–H groups in total. The van der Waals surface area contributed by atoms with Crippen LogP contribution in [0.3, 0.4) is 0 Å². The third-order valence-electron chi connectivity index (χ3n) is 2.94. The van der Waals surface area contributed by atoms with Gasteiger partial charge in [0, 0.05) is 43.0 Å². The van der Waals surface area contributed by atoms with Crippen LogP contribution in [0.5, 0.6) is 0 Å². The number of fused-ring (bicyclic) bond motifs is 1. The second-order valence-corrected chi connectivity index (χ2v) is 4.92. The molecule has 1 heterocycles. The summed E-state index contributed by atoms with van der Waals surface area (Å²) >= 11 is 5.97.